The van der Waals surface area contributed by atoms with Gasteiger partial charge < -0.3 is 37.2 Å². The van der Waals surface area contributed by atoms with Crippen LogP contribution in [-0.2, 0) is 21.7 Å². The van der Waals surface area contributed by atoms with E-state index >= 15 is 0 Å². The van der Waals surface area contributed by atoms with Gasteiger partial charge in [-0.15, -0.1) is 34.5 Å². The van der Waals surface area contributed by atoms with Crippen molar-refractivity contribution in [1.82, 2.24) is 0 Å². The maximum absolute atomic E-state index is 2.24. The minimum atomic E-state index is 0. The molecule has 0 N–H and O–H groups in total. The zero-order valence-electron chi connectivity index (χ0n) is 9.98. The Hall–Kier alpha value is -0.366. The van der Waals surface area contributed by atoms with Gasteiger partial charge in [-0.2, -0.15) is 0 Å². The molecule has 0 radical (unpaired) electrons. The molecule has 0 aromatic heterocycles. The van der Waals surface area contributed by atoms with Gasteiger partial charge >= 0.3 is 21.7 Å². The van der Waals surface area contributed by atoms with Gasteiger partial charge in [0.1, 0.15) is 0 Å². The molecule has 3 aromatic rings. The van der Waals surface area contributed by atoms with E-state index in [-0.39, 0.29) is 58.9 Å². The molecule has 0 spiro atoms. The van der Waals surface area contributed by atoms with Crippen molar-refractivity contribution in [2.45, 2.75) is 0 Å². The smallest absolute Gasteiger partial charge is 1.00 e. The van der Waals surface area contributed by atoms with Gasteiger partial charge in [0, 0.05) is 0 Å². The van der Waals surface area contributed by atoms with Crippen LogP contribution in [0.2, 0.25) is 0 Å². The van der Waals surface area contributed by atoms with Gasteiger partial charge in [-0.1, -0.05) is 54.1 Å². The molecule has 0 aliphatic carbocycles. The van der Waals surface area contributed by atoms with E-state index in [2.05, 4.69) is 60.7 Å². The molecule has 0 aliphatic rings. The fourth-order valence-electron chi connectivity index (χ4n) is 1.95. The van der Waals surface area contributed by atoms with E-state index in [0.29, 0.717) is 0 Å². The summed E-state index contributed by atoms with van der Waals surface area (Å²) < 4.78 is 0. The monoisotopic (exact) mass is 344 g/mol. The first-order valence-corrected chi connectivity index (χ1v) is 5.14. The second kappa shape index (κ2) is 9.52. The molecule has 0 unspecified atom stereocenters. The fourth-order valence-corrected chi connectivity index (χ4v) is 1.95. The maximum atomic E-state index is 2.24. The van der Waals surface area contributed by atoms with Crippen molar-refractivity contribution < 1.29 is 58.9 Å². The normalized spacial score (nSPS) is 8.42. The maximum Gasteiger partial charge on any atom is 4.00 e. The van der Waals surface area contributed by atoms with E-state index in [4.69, 9.17) is 0 Å². The van der Waals surface area contributed by atoms with Crippen molar-refractivity contribution >= 4 is 10.8 Å². The van der Waals surface area contributed by atoms with E-state index in [1.54, 1.807) is 0 Å². The van der Waals surface area contributed by atoms with Crippen LogP contribution in [-0.4, -0.2) is 0 Å². The third-order valence-corrected chi connectivity index (χ3v) is 2.73. The van der Waals surface area contributed by atoms with Crippen LogP contribution in [0.4, 0.5) is 0 Å². The van der Waals surface area contributed by atoms with Crippen LogP contribution in [0.3, 0.4) is 0 Å². The second-order valence-corrected chi connectivity index (χ2v) is 3.74. The van der Waals surface area contributed by atoms with Crippen LogP contribution in [0, 0.1) is 0 Å². The summed E-state index contributed by atoms with van der Waals surface area (Å²) in [6.07, 6.45) is 0. The molecule has 0 saturated heterocycles. The molecule has 4 heteroatoms. The van der Waals surface area contributed by atoms with Gasteiger partial charge in [0.2, 0.25) is 0 Å². The van der Waals surface area contributed by atoms with Crippen molar-refractivity contribution in [1.29, 1.82) is 0 Å². The average Bonchev–Trinajstić information content (AvgIpc) is 2.74. The predicted octanol–water partition coefficient (Wildman–Crippen LogP) is -4.76. The van der Waals surface area contributed by atoms with E-state index < -0.39 is 0 Å². The van der Waals surface area contributed by atoms with E-state index in [1.165, 1.54) is 21.9 Å². The number of hydrogen-bond donors (Lipinski definition) is 0. The first-order valence-electron chi connectivity index (χ1n) is 5.14. The van der Waals surface area contributed by atoms with Gasteiger partial charge in [-0.05, 0) is 0 Å². The zero-order valence-corrected chi connectivity index (χ0v) is 13.8. The average molecular weight is 345 g/mol. The summed E-state index contributed by atoms with van der Waals surface area (Å²) in [6, 6.07) is 23.4. The van der Waals surface area contributed by atoms with Crippen molar-refractivity contribution in [3.8, 4) is 11.1 Å². The topological polar surface area (TPSA) is 0 Å². The molecule has 0 heterocycles. The predicted molar refractivity (Wildman–Crippen MR) is 65.0 cm³/mol. The third-order valence-electron chi connectivity index (χ3n) is 2.73. The Morgan fingerprint density at radius 1 is 0.684 bits per heavy atom. The third kappa shape index (κ3) is 4.59. The molecule has 0 atom stereocenters. The molecule has 0 fully saturated rings. The second-order valence-electron chi connectivity index (χ2n) is 3.74. The number of fused-ring (bicyclic) bond motifs is 1. The Morgan fingerprint density at radius 2 is 1.26 bits per heavy atom. The molecule has 0 aliphatic heterocycles. The molecular weight excluding hydrogens is 334 g/mol. The standard InChI is InChI=1S/C15H11.3ClH.Ti/c1-2-6-12(7-3-1)15-10-13-8-4-5-9-14(13)11-15;;;;/h1-11H;3*1H;/q-1;;;;+4/p-3. The van der Waals surface area contributed by atoms with Crippen LogP contribution in [0.15, 0.2) is 66.7 Å². The van der Waals surface area contributed by atoms with Crippen molar-refractivity contribution in [2.75, 3.05) is 0 Å². The minimum Gasteiger partial charge on any atom is -1.00 e. The quantitative estimate of drug-likeness (QED) is 0.307. The molecule has 0 nitrogen and oxygen atoms in total. The van der Waals surface area contributed by atoms with Crippen LogP contribution >= 0.6 is 0 Å². The summed E-state index contributed by atoms with van der Waals surface area (Å²) >= 11 is 0. The van der Waals surface area contributed by atoms with Gasteiger partial charge in [0.15, 0.2) is 0 Å². The SMILES string of the molecule is [Cl-].[Cl-].[Cl-].[Ti+4].c1ccc(-c2cc3ccccc3[cH-]2)cc1. The van der Waals surface area contributed by atoms with E-state index in [0.717, 1.165) is 0 Å². The molecule has 96 valence electrons. The van der Waals surface area contributed by atoms with Crippen LogP contribution in [0.1, 0.15) is 0 Å². The number of hydrogen-bond acceptors (Lipinski definition) is 0. The minimum absolute atomic E-state index is 0. The Morgan fingerprint density at radius 3 is 1.89 bits per heavy atom. The molecule has 0 saturated carbocycles. The summed E-state index contributed by atoms with van der Waals surface area (Å²) in [5, 5.41) is 2.63. The molecule has 19 heavy (non-hydrogen) atoms. The van der Waals surface area contributed by atoms with Crippen LogP contribution in [0.5, 0.6) is 0 Å². The van der Waals surface area contributed by atoms with Gasteiger partial charge in [0.25, 0.3) is 0 Å². The number of benzene rings is 2. The van der Waals surface area contributed by atoms with Gasteiger partial charge in [-0.3, -0.25) is 0 Å². The number of halogens is 3. The van der Waals surface area contributed by atoms with Gasteiger partial charge in [0.05, 0.1) is 0 Å². The largest absolute Gasteiger partial charge is 4.00 e. The summed E-state index contributed by atoms with van der Waals surface area (Å²) in [7, 11) is 0. The first-order chi connectivity index (χ1) is 7.43. The summed E-state index contributed by atoms with van der Waals surface area (Å²) in [4.78, 5) is 0. The molecule has 0 amide bonds. The van der Waals surface area contributed by atoms with E-state index in [9.17, 15) is 0 Å². The Kier molecular flexibility index (Phi) is 10.5. The zero-order chi connectivity index (χ0) is 10.1. The molecular formula is C15H11Cl3Ti. The Labute approximate surface area is 147 Å². The van der Waals surface area contributed by atoms with Crippen molar-refractivity contribution in [2.24, 2.45) is 0 Å². The Balaban J connectivity index is 0. The van der Waals surface area contributed by atoms with E-state index in [1.807, 2.05) is 6.07 Å². The van der Waals surface area contributed by atoms with Crippen LogP contribution < -0.4 is 37.2 Å². The Bertz CT molecular complexity index is 557. The van der Waals surface area contributed by atoms with Crippen molar-refractivity contribution in [3.63, 3.8) is 0 Å². The number of rotatable bonds is 1. The summed E-state index contributed by atoms with van der Waals surface area (Å²) in [5.41, 5.74) is 2.59. The van der Waals surface area contributed by atoms with Gasteiger partial charge in [-0.25, -0.2) is 0 Å². The van der Waals surface area contributed by atoms with Crippen molar-refractivity contribution in [3.05, 3.63) is 66.7 Å². The molecule has 0 bridgehead atoms. The molecule has 3 aromatic carbocycles. The van der Waals surface area contributed by atoms with Crippen LogP contribution in [0.25, 0.3) is 21.9 Å². The molecule has 3 rings (SSSR count). The first kappa shape index (κ1) is 20.9. The summed E-state index contributed by atoms with van der Waals surface area (Å²) in [6.45, 7) is 0. The summed E-state index contributed by atoms with van der Waals surface area (Å²) in [5.74, 6) is 0. The fraction of sp³-hybridized carbons (Fsp3) is 0.